The first-order valence-corrected chi connectivity index (χ1v) is 5.40. The molecule has 88 valence electrons. The number of anilines is 1. The molecule has 0 aliphatic heterocycles. The van der Waals surface area contributed by atoms with Crippen molar-refractivity contribution in [1.82, 2.24) is 5.32 Å². The second-order valence-corrected chi connectivity index (χ2v) is 3.61. The number of amides is 1. The number of carbonyl (C=O) groups excluding carboxylic acids is 1. The Hall–Kier alpha value is -1.39. The van der Waals surface area contributed by atoms with Crippen molar-refractivity contribution in [2.45, 2.75) is 19.4 Å². The lowest BCUT2D eigenvalue weighted by Gasteiger charge is -2.05. The van der Waals surface area contributed by atoms with Gasteiger partial charge in [-0.1, -0.05) is 12.1 Å². The fourth-order valence-corrected chi connectivity index (χ4v) is 1.34. The van der Waals surface area contributed by atoms with Gasteiger partial charge in [-0.3, -0.25) is 4.79 Å². The summed E-state index contributed by atoms with van der Waals surface area (Å²) in [7, 11) is 1.87. The molecule has 1 aromatic carbocycles. The van der Waals surface area contributed by atoms with Crippen LogP contribution in [0.2, 0.25) is 0 Å². The van der Waals surface area contributed by atoms with Crippen LogP contribution < -0.4 is 10.6 Å². The predicted molar refractivity (Wildman–Crippen MR) is 64.2 cm³/mol. The summed E-state index contributed by atoms with van der Waals surface area (Å²) in [6.07, 6.45) is 1.35. The van der Waals surface area contributed by atoms with E-state index in [-0.39, 0.29) is 12.5 Å². The fraction of sp³-hybridized carbons (Fsp3) is 0.417. The van der Waals surface area contributed by atoms with E-state index in [1.165, 1.54) is 0 Å². The molecule has 0 aromatic heterocycles. The van der Waals surface area contributed by atoms with Crippen molar-refractivity contribution >= 4 is 11.6 Å². The van der Waals surface area contributed by atoms with Crippen LogP contribution in [0, 0.1) is 0 Å². The summed E-state index contributed by atoms with van der Waals surface area (Å²) in [4.78, 5) is 11.5. The van der Waals surface area contributed by atoms with Crippen LogP contribution >= 0.6 is 0 Å². The second kappa shape index (κ2) is 6.98. The topological polar surface area (TPSA) is 61.4 Å². The minimum absolute atomic E-state index is 0.0204. The van der Waals surface area contributed by atoms with Crippen LogP contribution in [0.15, 0.2) is 24.3 Å². The van der Waals surface area contributed by atoms with Crippen LogP contribution in [0.3, 0.4) is 0 Å². The van der Waals surface area contributed by atoms with E-state index < -0.39 is 0 Å². The van der Waals surface area contributed by atoms with Crippen LogP contribution in [0.5, 0.6) is 0 Å². The Balaban J connectivity index is 2.37. The van der Waals surface area contributed by atoms with Gasteiger partial charge in [-0.15, -0.1) is 0 Å². The fourth-order valence-electron chi connectivity index (χ4n) is 1.34. The summed E-state index contributed by atoms with van der Waals surface area (Å²) in [5.74, 6) is 0.0204. The Kier molecular flexibility index (Phi) is 5.53. The zero-order chi connectivity index (χ0) is 11.8. The third kappa shape index (κ3) is 4.42. The Morgan fingerprint density at radius 1 is 1.31 bits per heavy atom. The molecular formula is C12H18N2O2. The molecule has 4 nitrogen and oxygen atoms in total. The minimum Gasteiger partial charge on any atom is -0.392 e. The molecule has 16 heavy (non-hydrogen) atoms. The molecule has 0 bridgehead atoms. The van der Waals surface area contributed by atoms with E-state index in [4.69, 9.17) is 5.11 Å². The van der Waals surface area contributed by atoms with Crippen LogP contribution in [-0.4, -0.2) is 24.6 Å². The zero-order valence-electron chi connectivity index (χ0n) is 9.49. The van der Waals surface area contributed by atoms with Crippen molar-refractivity contribution in [1.29, 1.82) is 0 Å². The SMILES string of the molecule is CNCCCC(=O)Nc1ccc(CO)cc1. The van der Waals surface area contributed by atoms with Crippen molar-refractivity contribution in [3.8, 4) is 0 Å². The standard InChI is InChI=1S/C12H18N2O2/c1-13-8-2-3-12(16)14-11-6-4-10(9-15)5-7-11/h4-7,13,15H,2-3,8-9H2,1H3,(H,14,16). The van der Waals surface area contributed by atoms with E-state index >= 15 is 0 Å². The molecule has 0 saturated carbocycles. The van der Waals surface area contributed by atoms with Gasteiger partial charge in [-0.2, -0.15) is 0 Å². The van der Waals surface area contributed by atoms with Crippen LogP contribution in [0.1, 0.15) is 18.4 Å². The van der Waals surface area contributed by atoms with Crippen LogP contribution in [-0.2, 0) is 11.4 Å². The maximum atomic E-state index is 11.5. The van der Waals surface area contributed by atoms with E-state index in [0.717, 1.165) is 24.2 Å². The van der Waals surface area contributed by atoms with E-state index in [1.807, 2.05) is 7.05 Å². The van der Waals surface area contributed by atoms with Gasteiger partial charge in [0.25, 0.3) is 0 Å². The lowest BCUT2D eigenvalue weighted by atomic mass is 10.2. The summed E-state index contributed by atoms with van der Waals surface area (Å²) in [5, 5.41) is 14.7. The number of aliphatic hydroxyl groups is 1. The Morgan fingerprint density at radius 2 is 2.00 bits per heavy atom. The molecular weight excluding hydrogens is 204 g/mol. The van der Waals surface area contributed by atoms with E-state index in [1.54, 1.807) is 24.3 Å². The first-order valence-electron chi connectivity index (χ1n) is 5.40. The van der Waals surface area contributed by atoms with Crippen molar-refractivity contribution in [2.75, 3.05) is 18.9 Å². The summed E-state index contributed by atoms with van der Waals surface area (Å²) in [6, 6.07) is 7.18. The van der Waals surface area contributed by atoms with Gasteiger partial charge >= 0.3 is 0 Å². The van der Waals surface area contributed by atoms with E-state index in [0.29, 0.717) is 6.42 Å². The Morgan fingerprint density at radius 3 is 2.56 bits per heavy atom. The summed E-state index contributed by atoms with van der Waals surface area (Å²) < 4.78 is 0. The molecule has 0 aliphatic rings. The van der Waals surface area contributed by atoms with Gasteiger partial charge in [0, 0.05) is 12.1 Å². The highest BCUT2D eigenvalue weighted by Gasteiger charge is 2.01. The summed E-state index contributed by atoms with van der Waals surface area (Å²) in [5.41, 5.74) is 1.61. The van der Waals surface area contributed by atoms with Gasteiger partial charge in [0.1, 0.15) is 0 Å². The quantitative estimate of drug-likeness (QED) is 0.632. The maximum absolute atomic E-state index is 11.5. The van der Waals surface area contributed by atoms with Gasteiger partial charge in [0.05, 0.1) is 6.61 Å². The molecule has 0 radical (unpaired) electrons. The molecule has 0 fully saturated rings. The molecule has 0 saturated heterocycles. The van der Waals surface area contributed by atoms with Gasteiger partial charge in [-0.05, 0) is 37.7 Å². The van der Waals surface area contributed by atoms with Gasteiger partial charge < -0.3 is 15.7 Å². The number of hydrogen-bond donors (Lipinski definition) is 3. The monoisotopic (exact) mass is 222 g/mol. The molecule has 0 aliphatic carbocycles. The van der Waals surface area contributed by atoms with Gasteiger partial charge in [-0.25, -0.2) is 0 Å². The van der Waals surface area contributed by atoms with Gasteiger partial charge in [0.2, 0.25) is 5.91 Å². The molecule has 0 atom stereocenters. The van der Waals surface area contributed by atoms with E-state index in [9.17, 15) is 4.79 Å². The smallest absolute Gasteiger partial charge is 0.224 e. The Bertz CT molecular complexity index is 322. The minimum atomic E-state index is 0.0204. The van der Waals surface area contributed by atoms with Crippen molar-refractivity contribution < 1.29 is 9.90 Å². The molecule has 4 heteroatoms. The molecule has 3 N–H and O–H groups in total. The number of benzene rings is 1. The largest absolute Gasteiger partial charge is 0.392 e. The zero-order valence-corrected chi connectivity index (χ0v) is 9.49. The number of rotatable bonds is 6. The average molecular weight is 222 g/mol. The normalized spacial score (nSPS) is 10.1. The lowest BCUT2D eigenvalue weighted by molar-refractivity contribution is -0.116. The first kappa shape index (κ1) is 12.7. The van der Waals surface area contributed by atoms with Gasteiger partial charge in [0.15, 0.2) is 0 Å². The third-order valence-electron chi connectivity index (χ3n) is 2.25. The average Bonchev–Trinajstić information content (AvgIpc) is 2.30. The first-order chi connectivity index (χ1) is 7.76. The third-order valence-corrected chi connectivity index (χ3v) is 2.25. The molecule has 0 heterocycles. The highest BCUT2D eigenvalue weighted by Crippen LogP contribution is 2.09. The molecule has 0 spiro atoms. The number of aliphatic hydroxyl groups excluding tert-OH is 1. The lowest BCUT2D eigenvalue weighted by Crippen LogP contribution is -2.15. The number of carbonyl (C=O) groups is 1. The summed E-state index contributed by atoms with van der Waals surface area (Å²) >= 11 is 0. The molecule has 0 unspecified atom stereocenters. The van der Waals surface area contributed by atoms with Crippen molar-refractivity contribution in [3.63, 3.8) is 0 Å². The number of nitrogens with one attached hydrogen (secondary N) is 2. The maximum Gasteiger partial charge on any atom is 0.224 e. The highest BCUT2D eigenvalue weighted by atomic mass is 16.3. The molecule has 1 rings (SSSR count). The van der Waals surface area contributed by atoms with E-state index in [2.05, 4.69) is 10.6 Å². The van der Waals surface area contributed by atoms with Crippen LogP contribution in [0.4, 0.5) is 5.69 Å². The predicted octanol–water partition coefficient (Wildman–Crippen LogP) is 1.12. The van der Waals surface area contributed by atoms with Crippen LogP contribution in [0.25, 0.3) is 0 Å². The second-order valence-electron chi connectivity index (χ2n) is 3.61. The molecule has 1 amide bonds. The van der Waals surface area contributed by atoms with Crippen molar-refractivity contribution in [2.24, 2.45) is 0 Å². The number of hydrogen-bond acceptors (Lipinski definition) is 3. The summed E-state index contributed by atoms with van der Waals surface area (Å²) in [6.45, 7) is 0.868. The van der Waals surface area contributed by atoms with Crippen molar-refractivity contribution in [3.05, 3.63) is 29.8 Å². The Labute approximate surface area is 95.7 Å². The highest BCUT2D eigenvalue weighted by molar-refractivity contribution is 5.90. The molecule has 1 aromatic rings.